The van der Waals surface area contributed by atoms with Crippen LogP contribution >= 0.6 is 0 Å². The number of carbonyl (C=O) groups excluding carboxylic acids is 1. The number of anilines is 1. The molecule has 5 nitrogen and oxygen atoms in total. The molecule has 1 saturated heterocycles. The zero-order chi connectivity index (χ0) is 13.2. The van der Waals surface area contributed by atoms with Crippen LogP contribution in [0.15, 0.2) is 28.7 Å². The minimum Gasteiger partial charge on any atom is -0.467 e. The molecule has 100 valence electrons. The molecule has 19 heavy (non-hydrogen) atoms. The summed E-state index contributed by atoms with van der Waals surface area (Å²) in [6, 6.07) is 7.83. The largest absolute Gasteiger partial charge is 0.467 e. The van der Waals surface area contributed by atoms with Crippen LogP contribution in [0.3, 0.4) is 0 Å². The molecule has 0 spiro atoms. The van der Waals surface area contributed by atoms with Gasteiger partial charge in [-0.2, -0.15) is 4.98 Å². The highest BCUT2D eigenvalue weighted by molar-refractivity contribution is 5.80. The van der Waals surface area contributed by atoms with E-state index in [9.17, 15) is 4.79 Å². The minimum absolute atomic E-state index is 0.220. The van der Waals surface area contributed by atoms with Gasteiger partial charge in [-0.3, -0.25) is 0 Å². The molecular weight excluding hydrogens is 244 g/mol. The third-order valence-electron chi connectivity index (χ3n) is 3.50. The molecule has 1 aromatic heterocycles. The SMILES string of the molecule is COC(=O)C1CCCCN1c1nc2ccccc2o1. The van der Waals surface area contributed by atoms with Crippen LogP contribution < -0.4 is 4.90 Å². The number of fused-ring (bicyclic) bond motifs is 1. The summed E-state index contributed by atoms with van der Waals surface area (Å²) in [6.45, 7) is 0.770. The van der Waals surface area contributed by atoms with Gasteiger partial charge in [0.2, 0.25) is 0 Å². The van der Waals surface area contributed by atoms with Crippen molar-refractivity contribution in [2.24, 2.45) is 0 Å². The number of benzene rings is 1. The van der Waals surface area contributed by atoms with Crippen molar-refractivity contribution in [3.63, 3.8) is 0 Å². The Morgan fingerprint density at radius 2 is 2.26 bits per heavy atom. The van der Waals surface area contributed by atoms with Crippen LogP contribution in [0, 0.1) is 0 Å². The average molecular weight is 260 g/mol. The number of carbonyl (C=O) groups is 1. The Bertz CT molecular complexity index is 560. The first-order chi connectivity index (χ1) is 9.29. The van der Waals surface area contributed by atoms with Crippen molar-refractivity contribution in [1.29, 1.82) is 0 Å². The fourth-order valence-electron chi connectivity index (χ4n) is 2.52. The summed E-state index contributed by atoms with van der Waals surface area (Å²) in [5.41, 5.74) is 1.55. The molecule has 0 bridgehead atoms. The summed E-state index contributed by atoms with van der Waals surface area (Å²) in [7, 11) is 1.42. The Morgan fingerprint density at radius 1 is 1.42 bits per heavy atom. The predicted molar refractivity (Wildman–Crippen MR) is 71.0 cm³/mol. The molecule has 3 rings (SSSR count). The van der Waals surface area contributed by atoms with Gasteiger partial charge in [0.15, 0.2) is 5.58 Å². The fourth-order valence-corrected chi connectivity index (χ4v) is 2.52. The highest BCUT2D eigenvalue weighted by atomic mass is 16.5. The summed E-state index contributed by atoms with van der Waals surface area (Å²) in [4.78, 5) is 18.2. The van der Waals surface area contributed by atoms with Gasteiger partial charge in [0.25, 0.3) is 6.01 Å². The van der Waals surface area contributed by atoms with Crippen LogP contribution in [0.1, 0.15) is 19.3 Å². The topological polar surface area (TPSA) is 55.6 Å². The number of hydrogen-bond donors (Lipinski definition) is 0. The van der Waals surface area contributed by atoms with Crippen molar-refractivity contribution < 1.29 is 13.9 Å². The van der Waals surface area contributed by atoms with Crippen molar-refractivity contribution in [3.05, 3.63) is 24.3 Å². The molecule has 1 aliphatic rings. The third kappa shape index (κ3) is 2.16. The van der Waals surface area contributed by atoms with E-state index in [1.165, 1.54) is 7.11 Å². The first kappa shape index (κ1) is 12.0. The van der Waals surface area contributed by atoms with E-state index in [4.69, 9.17) is 9.15 Å². The molecule has 0 N–H and O–H groups in total. The lowest BCUT2D eigenvalue weighted by Crippen LogP contribution is -2.45. The lowest BCUT2D eigenvalue weighted by atomic mass is 10.0. The second-order valence-corrected chi connectivity index (χ2v) is 4.69. The predicted octanol–water partition coefficient (Wildman–Crippen LogP) is 2.36. The lowest BCUT2D eigenvalue weighted by molar-refractivity contribution is -0.142. The van der Waals surface area contributed by atoms with E-state index >= 15 is 0 Å². The lowest BCUT2D eigenvalue weighted by Gasteiger charge is -2.32. The molecule has 1 aromatic carbocycles. The van der Waals surface area contributed by atoms with Gasteiger partial charge in [-0.1, -0.05) is 12.1 Å². The number of para-hydroxylation sites is 2. The first-order valence-corrected chi connectivity index (χ1v) is 6.49. The van der Waals surface area contributed by atoms with Crippen molar-refractivity contribution in [3.8, 4) is 0 Å². The van der Waals surface area contributed by atoms with E-state index in [-0.39, 0.29) is 12.0 Å². The van der Waals surface area contributed by atoms with Crippen LogP contribution in [0.25, 0.3) is 11.1 Å². The molecule has 2 heterocycles. The molecule has 1 atom stereocenters. The number of nitrogens with zero attached hydrogens (tertiary/aromatic N) is 2. The van der Waals surface area contributed by atoms with Gasteiger partial charge in [-0.15, -0.1) is 0 Å². The Morgan fingerprint density at radius 3 is 3.05 bits per heavy atom. The van der Waals surface area contributed by atoms with Gasteiger partial charge in [-0.05, 0) is 31.4 Å². The highest BCUT2D eigenvalue weighted by Crippen LogP contribution is 2.28. The molecular formula is C14H16N2O3. The maximum absolute atomic E-state index is 11.8. The highest BCUT2D eigenvalue weighted by Gasteiger charge is 2.32. The zero-order valence-corrected chi connectivity index (χ0v) is 10.8. The summed E-state index contributed by atoms with van der Waals surface area (Å²) >= 11 is 0. The van der Waals surface area contributed by atoms with Crippen LogP contribution in [-0.2, 0) is 9.53 Å². The summed E-state index contributed by atoms with van der Waals surface area (Å²) < 4.78 is 10.6. The van der Waals surface area contributed by atoms with Gasteiger partial charge < -0.3 is 14.1 Å². The number of oxazole rings is 1. The molecule has 0 amide bonds. The monoisotopic (exact) mass is 260 g/mol. The Labute approximate surface area is 111 Å². The van der Waals surface area contributed by atoms with Crippen molar-refractivity contribution in [2.75, 3.05) is 18.6 Å². The quantitative estimate of drug-likeness (QED) is 0.776. The second-order valence-electron chi connectivity index (χ2n) is 4.69. The summed E-state index contributed by atoms with van der Waals surface area (Å²) in [5.74, 6) is -0.220. The van der Waals surface area contributed by atoms with E-state index in [1.54, 1.807) is 0 Å². The number of ether oxygens (including phenoxy) is 1. The number of piperidine rings is 1. The number of methoxy groups -OCH3 is 1. The fraction of sp³-hybridized carbons (Fsp3) is 0.429. The standard InChI is InChI=1S/C14H16N2O3/c1-18-13(17)11-7-4-5-9-16(11)14-15-10-6-2-3-8-12(10)19-14/h2-3,6,8,11H,4-5,7,9H2,1H3. The van der Waals surface area contributed by atoms with E-state index in [0.717, 1.165) is 36.9 Å². The number of rotatable bonds is 2. The normalized spacial score (nSPS) is 19.6. The molecule has 1 fully saturated rings. The molecule has 2 aromatic rings. The zero-order valence-electron chi connectivity index (χ0n) is 10.8. The first-order valence-electron chi connectivity index (χ1n) is 6.49. The molecule has 1 aliphatic heterocycles. The van der Waals surface area contributed by atoms with Crippen LogP contribution in [0.4, 0.5) is 6.01 Å². The van der Waals surface area contributed by atoms with Gasteiger partial charge in [0.05, 0.1) is 7.11 Å². The average Bonchev–Trinajstić information content (AvgIpc) is 2.90. The van der Waals surface area contributed by atoms with Crippen molar-refractivity contribution >= 4 is 23.1 Å². The Hall–Kier alpha value is -2.04. The number of esters is 1. The maximum atomic E-state index is 11.8. The van der Waals surface area contributed by atoms with Gasteiger partial charge in [-0.25, -0.2) is 4.79 Å². The second kappa shape index (κ2) is 4.91. The van der Waals surface area contributed by atoms with Crippen LogP contribution in [0.5, 0.6) is 0 Å². The van der Waals surface area contributed by atoms with E-state index in [1.807, 2.05) is 29.2 Å². The van der Waals surface area contributed by atoms with Gasteiger partial charge in [0.1, 0.15) is 11.6 Å². The summed E-state index contributed by atoms with van der Waals surface area (Å²) in [6.07, 6.45) is 2.84. The summed E-state index contributed by atoms with van der Waals surface area (Å²) in [5, 5.41) is 0. The van der Waals surface area contributed by atoms with Gasteiger partial charge >= 0.3 is 5.97 Å². The molecule has 0 saturated carbocycles. The number of hydrogen-bond acceptors (Lipinski definition) is 5. The molecule has 0 radical (unpaired) electrons. The van der Waals surface area contributed by atoms with Crippen molar-refractivity contribution in [1.82, 2.24) is 4.98 Å². The Kier molecular flexibility index (Phi) is 3.11. The maximum Gasteiger partial charge on any atom is 0.328 e. The van der Waals surface area contributed by atoms with Crippen LogP contribution in [0.2, 0.25) is 0 Å². The molecule has 5 heteroatoms. The molecule has 1 unspecified atom stereocenters. The van der Waals surface area contributed by atoms with E-state index in [2.05, 4.69) is 4.98 Å². The van der Waals surface area contributed by atoms with E-state index in [0.29, 0.717) is 6.01 Å². The molecule has 0 aliphatic carbocycles. The van der Waals surface area contributed by atoms with E-state index < -0.39 is 0 Å². The minimum atomic E-state index is -0.285. The smallest absolute Gasteiger partial charge is 0.328 e. The number of aromatic nitrogens is 1. The van der Waals surface area contributed by atoms with Gasteiger partial charge in [0, 0.05) is 6.54 Å². The third-order valence-corrected chi connectivity index (χ3v) is 3.50. The van der Waals surface area contributed by atoms with Crippen molar-refractivity contribution in [2.45, 2.75) is 25.3 Å². The Balaban J connectivity index is 1.95. The van der Waals surface area contributed by atoms with Crippen LogP contribution in [-0.4, -0.2) is 30.6 Å².